The molecule has 0 heterocycles. The summed E-state index contributed by atoms with van der Waals surface area (Å²) in [5, 5.41) is 2.94. The lowest BCUT2D eigenvalue weighted by atomic mass is 10.1. The Bertz CT molecular complexity index is 305. The first-order valence-corrected chi connectivity index (χ1v) is 8.03. The number of sulfonamides is 1. The summed E-state index contributed by atoms with van der Waals surface area (Å²) >= 11 is 0. The second-order valence-electron chi connectivity index (χ2n) is 5.54. The third-order valence-corrected chi connectivity index (χ3v) is 5.47. The molecule has 4 nitrogen and oxygen atoms in total. The molecule has 0 amide bonds. The normalized spacial score (nSPS) is 18.9. The molecule has 0 spiro atoms. The highest BCUT2D eigenvalue weighted by Crippen LogP contribution is 2.19. The van der Waals surface area contributed by atoms with E-state index in [1.807, 2.05) is 0 Å². The van der Waals surface area contributed by atoms with Gasteiger partial charge in [-0.25, -0.2) is 12.7 Å². The summed E-state index contributed by atoms with van der Waals surface area (Å²) in [6, 6.07) is 0.564. The summed E-state index contributed by atoms with van der Waals surface area (Å²) in [6.07, 6.45) is 3.30. The fraction of sp³-hybridized carbons (Fsp3) is 1.00. The minimum absolute atomic E-state index is 0.333. The summed E-state index contributed by atoms with van der Waals surface area (Å²) in [7, 11) is -1.45. The Morgan fingerprint density at radius 3 is 2.35 bits per heavy atom. The maximum absolute atomic E-state index is 12.2. The van der Waals surface area contributed by atoms with Crippen molar-refractivity contribution in [3.63, 3.8) is 0 Å². The number of hydrogen-bond donors (Lipinski definition) is 1. The van der Waals surface area contributed by atoms with Gasteiger partial charge in [-0.2, -0.15) is 0 Å². The van der Waals surface area contributed by atoms with E-state index >= 15 is 0 Å². The van der Waals surface area contributed by atoms with Gasteiger partial charge in [0.2, 0.25) is 10.0 Å². The Balaban J connectivity index is 2.40. The van der Waals surface area contributed by atoms with Crippen LogP contribution < -0.4 is 5.32 Å². The molecule has 1 rings (SSSR count). The first-order valence-electron chi connectivity index (χ1n) is 6.52. The molecule has 0 radical (unpaired) electrons. The molecule has 0 aromatic heterocycles. The topological polar surface area (TPSA) is 49.4 Å². The van der Waals surface area contributed by atoms with Crippen LogP contribution in [0.2, 0.25) is 0 Å². The van der Waals surface area contributed by atoms with Crippen molar-refractivity contribution in [2.45, 2.75) is 51.3 Å². The van der Waals surface area contributed by atoms with Gasteiger partial charge in [-0.1, -0.05) is 13.8 Å². The van der Waals surface area contributed by atoms with Gasteiger partial charge in [0.15, 0.2) is 0 Å². The zero-order chi connectivity index (χ0) is 13.1. The van der Waals surface area contributed by atoms with Crippen LogP contribution in [-0.4, -0.2) is 44.2 Å². The van der Waals surface area contributed by atoms with E-state index in [-0.39, 0.29) is 5.25 Å². The predicted octanol–water partition coefficient (Wildman–Crippen LogP) is 1.43. The van der Waals surface area contributed by atoms with Crippen molar-refractivity contribution in [2.75, 3.05) is 20.1 Å². The molecule has 1 unspecified atom stereocenters. The fourth-order valence-corrected chi connectivity index (χ4v) is 2.88. The Labute approximate surface area is 106 Å². The van der Waals surface area contributed by atoms with Crippen molar-refractivity contribution >= 4 is 10.0 Å². The van der Waals surface area contributed by atoms with Gasteiger partial charge >= 0.3 is 0 Å². The van der Waals surface area contributed by atoms with Gasteiger partial charge in [-0.15, -0.1) is 0 Å². The third-order valence-electron chi connectivity index (χ3n) is 3.24. The van der Waals surface area contributed by atoms with Crippen LogP contribution in [-0.2, 0) is 10.0 Å². The van der Waals surface area contributed by atoms with Crippen molar-refractivity contribution in [3.05, 3.63) is 0 Å². The van der Waals surface area contributed by atoms with Gasteiger partial charge in [0.05, 0.1) is 5.25 Å². The standard InChI is InChI=1S/C12H26N2O2S/c1-10(2)7-8-14(4)17(15,16)11(3)9-13-12-5-6-12/h10-13H,5-9H2,1-4H3. The lowest BCUT2D eigenvalue weighted by Crippen LogP contribution is -2.41. The van der Waals surface area contributed by atoms with E-state index in [9.17, 15) is 8.42 Å². The van der Waals surface area contributed by atoms with Crippen molar-refractivity contribution in [1.82, 2.24) is 9.62 Å². The molecule has 1 aliphatic carbocycles. The first kappa shape index (κ1) is 14.9. The summed E-state index contributed by atoms with van der Waals surface area (Å²) < 4.78 is 25.8. The van der Waals surface area contributed by atoms with E-state index in [4.69, 9.17) is 0 Å². The smallest absolute Gasteiger partial charge is 0.217 e. The summed E-state index contributed by atoms with van der Waals surface area (Å²) in [5.74, 6) is 0.535. The molecule has 1 saturated carbocycles. The average molecular weight is 262 g/mol. The molecule has 0 saturated heterocycles. The maximum atomic E-state index is 12.2. The Kier molecular flexibility index (Phi) is 5.41. The van der Waals surface area contributed by atoms with Gasteiger partial charge in [-0.05, 0) is 32.1 Å². The van der Waals surface area contributed by atoms with E-state index in [0.717, 1.165) is 6.42 Å². The van der Waals surface area contributed by atoms with Crippen molar-refractivity contribution in [1.29, 1.82) is 0 Å². The molecule has 1 atom stereocenters. The predicted molar refractivity (Wildman–Crippen MR) is 71.5 cm³/mol. The van der Waals surface area contributed by atoms with Crippen LogP contribution in [0.25, 0.3) is 0 Å². The minimum Gasteiger partial charge on any atom is -0.313 e. The number of rotatable bonds is 8. The van der Waals surface area contributed by atoms with Crippen molar-refractivity contribution in [3.8, 4) is 0 Å². The fourth-order valence-electron chi connectivity index (χ4n) is 1.60. The number of nitrogens with zero attached hydrogens (tertiary/aromatic N) is 1. The van der Waals surface area contributed by atoms with E-state index in [1.54, 1.807) is 14.0 Å². The highest BCUT2D eigenvalue weighted by Gasteiger charge is 2.28. The van der Waals surface area contributed by atoms with Gasteiger partial charge < -0.3 is 5.32 Å². The first-order chi connectivity index (χ1) is 7.84. The number of nitrogens with one attached hydrogen (secondary N) is 1. The zero-order valence-electron chi connectivity index (χ0n) is 11.4. The molecular weight excluding hydrogens is 236 g/mol. The maximum Gasteiger partial charge on any atom is 0.217 e. The van der Waals surface area contributed by atoms with Crippen LogP contribution in [0.4, 0.5) is 0 Å². The highest BCUT2D eigenvalue weighted by molar-refractivity contribution is 7.89. The Morgan fingerprint density at radius 2 is 1.88 bits per heavy atom. The lowest BCUT2D eigenvalue weighted by molar-refractivity contribution is 0.420. The van der Waals surface area contributed by atoms with Crippen LogP contribution in [0.1, 0.15) is 40.0 Å². The number of hydrogen-bond acceptors (Lipinski definition) is 3. The van der Waals surface area contributed by atoms with Gasteiger partial charge in [-0.3, -0.25) is 0 Å². The summed E-state index contributed by atoms with van der Waals surface area (Å²) in [6.45, 7) is 7.19. The Hall–Kier alpha value is -0.130. The SMILES string of the molecule is CC(C)CCN(C)S(=O)(=O)C(C)CNC1CC1. The average Bonchev–Trinajstić information content (AvgIpc) is 3.05. The van der Waals surface area contributed by atoms with Crippen LogP contribution in [0, 0.1) is 5.92 Å². The molecule has 17 heavy (non-hydrogen) atoms. The van der Waals surface area contributed by atoms with Crippen LogP contribution in [0.5, 0.6) is 0 Å². The second kappa shape index (κ2) is 6.16. The highest BCUT2D eigenvalue weighted by atomic mass is 32.2. The largest absolute Gasteiger partial charge is 0.313 e. The van der Waals surface area contributed by atoms with E-state index in [1.165, 1.54) is 17.1 Å². The Morgan fingerprint density at radius 1 is 1.29 bits per heavy atom. The zero-order valence-corrected chi connectivity index (χ0v) is 12.3. The van der Waals surface area contributed by atoms with E-state index in [0.29, 0.717) is 25.0 Å². The van der Waals surface area contributed by atoms with E-state index < -0.39 is 10.0 Å². The van der Waals surface area contributed by atoms with Crippen molar-refractivity contribution < 1.29 is 8.42 Å². The molecular formula is C12H26N2O2S. The van der Waals surface area contributed by atoms with Gasteiger partial charge in [0.25, 0.3) is 0 Å². The lowest BCUT2D eigenvalue weighted by Gasteiger charge is -2.22. The molecule has 1 fully saturated rings. The van der Waals surface area contributed by atoms with Gasteiger partial charge in [0, 0.05) is 26.2 Å². The van der Waals surface area contributed by atoms with Crippen LogP contribution in [0.3, 0.4) is 0 Å². The monoisotopic (exact) mass is 262 g/mol. The summed E-state index contributed by atoms with van der Waals surface area (Å²) in [5.41, 5.74) is 0. The summed E-state index contributed by atoms with van der Waals surface area (Å²) in [4.78, 5) is 0. The van der Waals surface area contributed by atoms with Crippen LogP contribution >= 0.6 is 0 Å². The molecule has 102 valence electrons. The molecule has 0 aromatic rings. The second-order valence-corrected chi connectivity index (χ2v) is 8.00. The molecule has 5 heteroatoms. The van der Waals surface area contributed by atoms with Gasteiger partial charge in [0.1, 0.15) is 0 Å². The van der Waals surface area contributed by atoms with E-state index in [2.05, 4.69) is 19.2 Å². The van der Waals surface area contributed by atoms with Crippen LogP contribution in [0.15, 0.2) is 0 Å². The van der Waals surface area contributed by atoms with Crippen molar-refractivity contribution in [2.24, 2.45) is 5.92 Å². The molecule has 1 aliphatic rings. The minimum atomic E-state index is -3.13. The molecule has 1 N–H and O–H groups in total. The molecule has 0 aliphatic heterocycles. The quantitative estimate of drug-likeness (QED) is 0.720. The molecule has 0 aromatic carbocycles. The molecule has 0 bridgehead atoms. The third kappa shape index (κ3) is 4.94.